The van der Waals surface area contributed by atoms with Crippen molar-refractivity contribution in [3.05, 3.63) is 35.3 Å². The number of hydrogen-bond acceptors (Lipinski definition) is 2. The number of nitrogens with zero attached hydrogens (tertiary/aromatic N) is 1. The third-order valence-corrected chi connectivity index (χ3v) is 4.86. The molecule has 1 aromatic heterocycles. The van der Waals surface area contributed by atoms with E-state index in [1.54, 1.807) is 10.6 Å². The van der Waals surface area contributed by atoms with Crippen LogP contribution < -0.4 is 5.32 Å². The van der Waals surface area contributed by atoms with Gasteiger partial charge < -0.3 is 15.0 Å². The van der Waals surface area contributed by atoms with Gasteiger partial charge in [-0.3, -0.25) is 9.59 Å². The second kappa shape index (κ2) is 6.26. The van der Waals surface area contributed by atoms with E-state index in [-0.39, 0.29) is 30.2 Å². The van der Waals surface area contributed by atoms with Crippen LogP contribution in [0, 0.1) is 12.7 Å². The SMILES string of the molecule is CCC(=O)NC1CC(c2c(C)n(CC(=O)O)c3ccc(F)cc23)C1. The molecule has 2 aromatic rings. The minimum atomic E-state index is -0.924. The predicted molar refractivity (Wildman–Crippen MR) is 88.5 cm³/mol. The van der Waals surface area contributed by atoms with Gasteiger partial charge in [-0.1, -0.05) is 6.92 Å². The summed E-state index contributed by atoms with van der Waals surface area (Å²) in [5.41, 5.74) is 2.61. The first-order chi connectivity index (χ1) is 11.4. The Kier molecular flexibility index (Phi) is 4.30. The van der Waals surface area contributed by atoms with Gasteiger partial charge in [0.25, 0.3) is 0 Å². The highest BCUT2D eigenvalue weighted by atomic mass is 19.1. The summed E-state index contributed by atoms with van der Waals surface area (Å²) in [7, 11) is 0. The number of carboxylic acids is 1. The number of fused-ring (bicyclic) bond motifs is 1. The minimum Gasteiger partial charge on any atom is -0.480 e. The van der Waals surface area contributed by atoms with Crippen LogP contribution in [-0.2, 0) is 16.1 Å². The maximum Gasteiger partial charge on any atom is 0.323 e. The summed E-state index contributed by atoms with van der Waals surface area (Å²) >= 11 is 0. The smallest absolute Gasteiger partial charge is 0.323 e. The molecule has 0 unspecified atom stereocenters. The first kappa shape index (κ1) is 16.5. The fourth-order valence-corrected chi connectivity index (χ4v) is 3.64. The monoisotopic (exact) mass is 332 g/mol. The largest absolute Gasteiger partial charge is 0.480 e. The molecule has 1 aliphatic carbocycles. The number of carboxylic acid groups (broad SMARTS) is 1. The predicted octanol–water partition coefficient (Wildman–Crippen LogP) is 2.95. The standard InChI is InChI=1S/C18H21FN2O3/c1-3-16(22)20-13-6-11(7-13)18-10(2)21(9-17(23)24)15-5-4-12(19)8-14(15)18/h4-5,8,11,13H,3,6-7,9H2,1-2H3,(H,20,22)(H,23,24). The highest BCUT2D eigenvalue weighted by Gasteiger charge is 2.34. The van der Waals surface area contributed by atoms with E-state index in [0.29, 0.717) is 6.42 Å². The Morgan fingerprint density at radius 2 is 2.08 bits per heavy atom. The zero-order valence-corrected chi connectivity index (χ0v) is 13.8. The molecular formula is C18H21FN2O3. The summed E-state index contributed by atoms with van der Waals surface area (Å²) < 4.78 is 15.4. The topological polar surface area (TPSA) is 71.3 Å². The van der Waals surface area contributed by atoms with Gasteiger partial charge in [0.1, 0.15) is 12.4 Å². The number of amides is 1. The van der Waals surface area contributed by atoms with Crippen LogP contribution in [0.2, 0.25) is 0 Å². The van der Waals surface area contributed by atoms with Gasteiger partial charge in [-0.05, 0) is 49.4 Å². The molecule has 5 nitrogen and oxygen atoms in total. The highest BCUT2D eigenvalue weighted by molar-refractivity contribution is 5.87. The molecule has 1 fully saturated rings. The van der Waals surface area contributed by atoms with Gasteiger partial charge in [0, 0.05) is 29.1 Å². The summed E-state index contributed by atoms with van der Waals surface area (Å²) in [5, 5.41) is 12.9. The lowest BCUT2D eigenvalue weighted by molar-refractivity contribution is -0.137. The van der Waals surface area contributed by atoms with Gasteiger partial charge in [-0.15, -0.1) is 0 Å². The number of nitrogens with one attached hydrogen (secondary N) is 1. The number of aliphatic carboxylic acids is 1. The number of hydrogen-bond donors (Lipinski definition) is 2. The molecule has 24 heavy (non-hydrogen) atoms. The van der Waals surface area contributed by atoms with Crippen molar-refractivity contribution in [2.75, 3.05) is 0 Å². The molecule has 6 heteroatoms. The van der Waals surface area contributed by atoms with Gasteiger partial charge in [0.05, 0.1) is 0 Å². The van der Waals surface area contributed by atoms with Crippen LogP contribution in [-0.4, -0.2) is 27.6 Å². The van der Waals surface area contributed by atoms with E-state index in [2.05, 4.69) is 5.32 Å². The van der Waals surface area contributed by atoms with Crippen LogP contribution in [0.4, 0.5) is 4.39 Å². The fourth-order valence-electron chi connectivity index (χ4n) is 3.64. The molecule has 1 aliphatic rings. The zero-order chi connectivity index (χ0) is 17.4. The normalized spacial score (nSPS) is 20.0. The van der Waals surface area contributed by atoms with Crippen molar-refractivity contribution in [3.8, 4) is 0 Å². The number of benzene rings is 1. The molecule has 1 saturated carbocycles. The van der Waals surface area contributed by atoms with Gasteiger partial charge >= 0.3 is 5.97 Å². The Bertz CT molecular complexity index is 806. The van der Waals surface area contributed by atoms with Gasteiger partial charge in [-0.2, -0.15) is 0 Å². The zero-order valence-electron chi connectivity index (χ0n) is 13.8. The van der Waals surface area contributed by atoms with E-state index < -0.39 is 5.97 Å². The van der Waals surface area contributed by atoms with Crippen molar-refractivity contribution in [2.24, 2.45) is 0 Å². The summed E-state index contributed by atoms with van der Waals surface area (Å²) in [6.45, 7) is 3.56. The lowest BCUT2D eigenvalue weighted by atomic mass is 9.75. The van der Waals surface area contributed by atoms with E-state index in [4.69, 9.17) is 5.11 Å². The summed E-state index contributed by atoms with van der Waals surface area (Å²) in [6.07, 6.45) is 2.06. The molecule has 1 amide bonds. The van der Waals surface area contributed by atoms with Crippen LogP contribution in [0.1, 0.15) is 43.4 Å². The Labute approximate surface area is 139 Å². The Hall–Kier alpha value is -2.37. The molecule has 0 aliphatic heterocycles. The lowest BCUT2D eigenvalue weighted by Crippen LogP contribution is -2.43. The molecule has 2 N–H and O–H groups in total. The van der Waals surface area contributed by atoms with Crippen molar-refractivity contribution in [1.29, 1.82) is 0 Å². The van der Waals surface area contributed by atoms with Crippen molar-refractivity contribution >= 4 is 22.8 Å². The summed E-state index contributed by atoms with van der Waals surface area (Å²) in [5.74, 6) is -1.00. The number of halogens is 1. The molecule has 0 radical (unpaired) electrons. The molecule has 0 atom stereocenters. The maximum absolute atomic E-state index is 13.7. The average Bonchev–Trinajstić information content (AvgIpc) is 2.74. The minimum absolute atomic E-state index is 0.0366. The number of carbonyl (C=O) groups excluding carboxylic acids is 1. The molecule has 128 valence electrons. The van der Waals surface area contributed by atoms with Crippen LogP contribution in [0.3, 0.4) is 0 Å². The van der Waals surface area contributed by atoms with Crippen LogP contribution in [0.5, 0.6) is 0 Å². The van der Waals surface area contributed by atoms with Crippen molar-refractivity contribution in [1.82, 2.24) is 9.88 Å². The molecular weight excluding hydrogens is 311 g/mol. The summed E-state index contributed by atoms with van der Waals surface area (Å²) in [4.78, 5) is 22.6. The van der Waals surface area contributed by atoms with Crippen molar-refractivity contribution in [3.63, 3.8) is 0 Å². The number of aromatic nitrogens is 1. The fraction of sp³-hybridized carbons (Fsp3) is 0.444. The second-order valence-electron chi connectivity index (χ2n) is 6.43. The second-order valence-corrected chi connectivity index (χ2v) is 6.43. The number of carbonyl (C=O) groups is 2. The van der Waals surface area contributed by atoms with Crippen molar-refractivity contribution < 1.29 is 19.1 Å². The van der Waals surface area contributed by atoms with E-state index >= 15 is 0 Å². The quantitative estimate of drug-likeness (QED) is 0.884. The molecule has 1 heterocycles. The average molecular weight is 332 g/mol. The Morgan fingerprint density at radius 1 is 1.38 bits per heavy atom. The first-order valence-electron chi connectivity index (χ1n) is 8.20. The van der Waals surface area contributed by atoms with Crippen molar-refractivity contribution in [2.45, 2.75) is 51.6 Å². The van der Waals surface area contributed by atoms with E-state index in [9.17, 15) is 14.0 Å². The first-order valence-corrected chi connectivity index (χ1v) is 8.20. The van der Waals surface area contributed by atoms with Crippen LogP contribution in [0.25, 0.3) is 10.9 Å². The molecule has 0 spiro atoms. The van der Waals surface area contributed by atoms with Gasteiger partial charge in [0.2, 0.25) is 5.91 Å². The van der Waals surface area contributed by atoms with Crippen LogP contribution in [0.15, 0.2) is 18.2 Å². The third-order valence-electron chi connectivity index (χ3n) is 4.86. The molecule has 0 bridgehead atoms. The summed E-state index contributed by atoms with van der Waals surface area (Å²) in [6, 6.07) is 4.62. The third kappa shape index (κ3) is 2.88. The molecule has 0 saturated heterocycles. The Morgan fingerprint density at radius 3 is 2.71 bits per heavy atom. The van der Waals surface area contributed by atoms with E-state index in [0.717, 1.165) is 35.0 Å². The molecule has 3 rings (SSSR count). The van der Waals surface area contributed by atoms with Gasteiger partial charge in [-0.25, -0.2) is 4.39 Å². The molecule has 1 aromatic carbocycles. The maximum atomic E-state index is 13.7. The Balaban J connectivity index is 1.93. The lowest BCUT2D eigenvalue weighted by Gasteiger charge is -2.36. The van der Waals surface area contributed by atoms with Gasteiger partial charge in [0.15, 0.2) is 0 Å². The highest BCUT2D eigenvalue weighted by Crippen LogP contribution is 2.43. The number of rotatable bonds is 5. The van der Waals surface area contributed by atoms with E-state index in [1.165, 1.54) is 12.1 Å². The van der Waals surface area contributed by atoms with Crippen LogP contribution >= 0.6 is 0 Å². The van der Waals surface area contributed by atoms with E-state index in [1.807, 2.05) is 13.8 Å².